The predicted molar refractivity (Wildman–Crippen MR) is 79.6 cm³/mol. The molecule has 0 fully saturated rings. The molecule has 2 aromatic heterocycles. The number of hydrogen-bond donors (Lipinski definition) is 1. The van der Waals surface area contributed by atoms with E-state index in [-0.39, 0.29) is 11.6 Å². The lowest BCUT2D eigenvalue weighted by molar-refractivity contribution is 0.0831. The lowest BCUT2D eigenvalue weighted by atomic mass is 10.3. The summed E-state index contributed by atoms with van der Waals surface area (Å²) in [7, 11) is 3.34. The third-order valence-corrected chi connectivity index (χ3v) is 3.67. The van der Waals surface area contributed by atoms with Crippen molar-refractivity contribution < 1.29 is 9.59 Å². The number of anilines is 1. The van der Waals surface area contributed by atoms with Crippen LogP contribution in [0.2, 0.25) is 0 Å². The van der Waals surface area contributed by atoms with Crippen molar-refractivity contribution in [2.45, 2.75) is 13.8 Å². The summed E-state index contributed by atoms with van der Waals surface area (Å²) < 4.78 is 0. The van der Waals surface area contributed by atoms with Gasteiger partial charge in [0.25, 0.3) is 11.8 Å². The highest BCUT2D eigenvalue weighted by Crippen LogP contribution is 2.23. The van der Waals surface area contributed by atoms with Crippen LogP contribution < -0.4 is 5.32 Å². The normalized spacial score (nSPS) is 10.3. The maximum Gasteiger partial charge on any atom is 0.277 e. The molecule has 2 amide bonds. The summed E-state index contributed by atoms with van der Waals surface area (Å²) in [6.07, 6.45) is 2.95. The van der Waals surface area contributed by atoms with Crippen molar-refractivity contribution in [1.29, 1.82) is 0 Å². The Bertz CT molecular complexity index is 696. The Kier molecular flexibility index (Phi) is 4.27. The number of aromatic nitrogens is 3. The smallest absolute Gasteiger partial charge is 0.277 e. The zero-order valence-electron chi connectivity index (χ0n) is 12.2. The van der Waals surface area contributed by atoms with Crippen molar-refractivity contribution >= 4 is 28.3 Å². The van der Waals surface area contributed by atoms with Crippen molar-refractivity contribution in [2.75, 3.05) is 19.4 Å². The first-order chi connectivity index (χ1) is 9.88. The van der Waals surface area contributed by atoms with Crippen LogP contribution in [-0.2, 0) is 0 Å². The second-order valence-electron chi connectivity index (χ2n) is 4.63. The summed E-state index contributed by atoms with van der Waals surface area (Å²) in [5.74, 6) is -0.537. The average molecular weight is 305 g/mol. The van der Waals surface area contributed by atoms with Crippen LogP contribution in [0.1, 0.15) is 31.5 Å². The molecule has 0 spiro atoms. The highest BCUT2D eigenvalue weighted by atomic mass is 32.1. The van der Waals surface area contributed by atoms with Gasteiger partial charge in [0, 0.05) is 20.3 Å². The predicted octanol–water partition coefficient (Wildman–Crippen LogP) is 1.50. The van der Waals surface area contributed by atoms with Crippen LogP contribution in [-0.4, -0.2) is 45.8 Å². The molecule has 0 unspecified atom stereocenters. The fourth-order valence-electron chi connectivity index (χ4n) is 1.59. The molecule has 8 heteroatoms. The third-order valence-electron chi connectivity index (χ3n) is 2.61. The molecule has 0 saturated heterocycles. The van der Waals surface area contributed by atoms with Gasteiger partial charge >= 0.3 is 0 Å². The molecule has 110 valence electrons. The molecule has 0 radical (unpaired) electrons. The van der Waals surface area contributed by atoms with Gasteiger partial charge in [0.1, 0.15) is 10.6 Å². The monoisotopic (exact) mass is 305 g/mol. The second-order valence-corrected chi connectivity index (χ2v) is 5.63. The van der Waals surface area contributed by atoms with Gasteiger partial charge in [-0.3, -0.25) is 19.9 Å². The number of rotatable bonds is 3. The van der Waals surface area contributed by atoms with Gasteiger partial charge in [-0.15, -0.1) is 0 Å². The molecule has 0 aromatic carbocycles. The summed E-state index contributed by atoms with van der Waals surface area (Å²) in [6.45, 7) is 3.49. The van der Waals surface area contributed by atoms with Crippen LogP contribution in [0.25, 0.3) is 0 Å². The lowest BCUT2D eigenvalue weighted by Crippen LogP contribution is -2.21. The van der Waals surface area contributed by atoms with E-state index in [1.807, 2.05) is 0 Å². The van der Waals surface area contributed by atoms with E-state index in [9.17, 15) is 9.59 Å². The average Bonchev–Trinajstić information content (AvgIpc) is 2.78. The Balaban J connectivity index is 2.19. The van der Waals surface area contributed by atoms with E-state index >= 15 is 0 Å². The summed E-state index contributed by atoms with van der Waals surface area (Å²) in [6, 6.07) is 0. The van der Waals surface area contributed by atoms with Crippen LogP contribution in [0.5, 0.6) is 0 Å². The molecule has 2 rings (SSSR count). The molecule has 0 aliphatic carbocycles. The maximum absolute atomic E-state index is 12.0. The highest BCUT2D eigenvalue weighted by molar-refractivity contribution is 7.17. The van der Waals surface area contributed by atoms with Gasteiger partial charge in [-0.25, -0.2) is 9.97 Å². The molecule has 0 aliphatic heterocycles. The van der Waals surface area contributed by atoms with Gasteiger partial charge in [0.2, 0.25) is 0 Å². The fraction of sp³-hybridized carbons (Fsp3) is 0.308. The Hall–Kier alpha value is -2.35. The number of carbonyl (C=O) groups excluding carboxylic acids is 2. The quantitative estimate of drug-likeness (QED) is 0.928. The standard InChI is InChI=1S/C13H15N5O2S/c1-7-5-14-6-9(15-7)11(19)17-13-16-8(2)10(21-13)12(20)18(3)4/h5-6H,1-4H3,(H,16,17,19). The van der Waals surface area contributed by atoms with E-state index in [0.29, 0.717) is 21.4 Å². The van der Waals surface area contributed by atoms with Crippen LogP contribution >= 0.6 is 11.3 Å². The van der Waals surface area contributed by atoms with Crippen LogP contribution in [0.15, 0.2) is 12.4 Å². The lowest BCUT2D eigenvalue weighted by Gasteiger charge is -2.07. The summed E-state index contributed by atoms with van der Waals surface area (Å²) in [5.41, 5.74) is 1.45. The van der Waals surface area contributed by atoms with E-state index in [1.54, 1.807) is 34.1 Å². The van der Waals surface area contributed by atoms with Crippen LogP contribution in [0, 0.1) is 13.8 Å². The zero-order valence-corrected chi connectivity index (χ0v) is 13.0. The third kappa shape index (κ3) is 3.40. The van der Waals surface area contributed by atoms with Gasteiger partial charge in [-0.2, -0.15) is 0 Å². The molecule has 0 bridgehead atoms. The Morgan fingerprint density at radius 2 is 1.90 bits per heavy atom. The second kappa shape index (κ2) is 5.96. The SMILES string of the molecule is Cc1cncc(C(=O)Nc2nc(C)c(C(=O)N(C)C)s2)n1. The first kappa shape index (κ1) is 15.0. The number of nitrogens with one attached hydrogen (secondary N) is 1. The van der Waals surface area contributed by atoms with Gasteiger partial charge < -0.3 is 4.90 Å². The van der Waals surface area contributed by atoms with Crippen molar-refractivity contribution in [3.63, 3.8) is 0 Å². The Morgan fingerprint density at radius 3 is 2.52 bits per heavy atom. The summed E-state index contributed by atoms with van der Waals surface area (Å²) in [5, 5.41) is 3.00. The molecular formula is C13H15N5O2S. The van der Waals surface area contributed by atoms with Crippen LogP contribution in [0.3, 0.4) is 0 Å². The van der Waals surface area contributed by atoms with E-state index in [0.717, 1.165) is 11.3 Å². The molecule has 2 aromatic rings. The molecule has 7 nitrogen and oxygen atoms in total. The summed E-state index contributed by atoms with van der Waals surface area (Å²) in [4.78, 5) is 38.2. The molecule has 1 N–H and O–H groups in total. The molecule has 0 saturated carbocycles. The van der Waals surface area contributed by atoms with Crippen LogP contribution in [0.4, 0.5) is 5.13 Å². The molecule has 0 aliphatic rings. The van der Waals surface area contributed by atoms with Crippen molar-refractivity contribution in [3.05, 3.63) is 34.4 Å². The van der Waals surface area contributed by atoms with E-state index < -0.39 is 5.91 Å². The molecule has 0 atom stereocenters. The highest BCUT2D eigenvalue weighted by Gasteiger charge is 2.18. The van der Waals surface area contributed by atoms with E-state index in [2.05, 4.69) is 20.3 Å². The number of nitrogens with zero attached hydrogens (tertiary/aromatic N) is 4. The van der Waals surface area contributed by atoms with Crippen molar-refractivity contribution in [3.8, 4) is 0 Å². The largest absolute Gasteiger partial charge is 0.344 e. The molecular weight excluding hydrogens is 290 g/mol. The van der Waals surface area contributed by atoms with E-state index in [1.165, 1.54) is 11.1 Å². The first-order valence-electron chi connectivity index (χ1n) is 6.17. The van der Waals surface area contributed by atoms with Crippen molar-refractivity contribution in [1.82, 2.24) is 19.9 Å². The van der Waals surface area contributed by atoms with E-state index in [4.69, 9.17) is 0 Å². The zero-order chi connectivity index (χ0) is 15.6. The first-order valence-corrected chi connectivity index (χ1v) is 6.99. The van der Waals surface area contributed by atoms with Gasteiger partial charge in [0.15, 0.2) is 5.13 Å². The van der Waals surface area contributed by atoms with Gasteiger partial charge in [0.05, 0.1) is 17.6 Å². The minimum absolute atomic E-state index is 0.138. The van der Waals surface area contributed by atoms with Gasteiger partial charge in [-0.05, 0) is 13.8 Å². The number of thiazole rings is 1. The number of carbonyl (C=O) groups is 2. The van der Waals surface area contributed by atoms with Crippen molar-refractivity contribution in [2.24, 2.45) is 0 Å². The summed E-state index contributed by atoms with van der Waals surface area (Å²) >= 11 is 1.14. The Labute approximate surface area is 126 Å². The molecule has 21 heavy (non-hydrogen) atoms. The number of hydrogen-bond acceptors (Lipinski definition) is 6. The minimum Gasteiger partial charge on any atom is -0.344 e. The Morgan fingerprint density at radius 1 is 1.19 bits per heavy atom. The maximum atomic E-state index is 12.0. The molecule has 2 heterocycles. The minimum atomic E-state index is -0.399. The fourth-order valence-corrected chi connectivity index (χ4v) is 2.57. The number of aryl methyl sites for hydroxylation is 2. The van der Waals surface area contributed by atoms with Gasteiger partial charge in [-0.1, -0.05) is 11.3 Å². The topological polar surface area (TPSA) is 88.1 Å². The number of amides is 2.